The van der Waals surface area contributed by atoms with Crippen molar-refractivity contribution in [1.82, 2.24) is 20.3 Å². The third-order valence-corrected chi connectivity index (χ3v) is 2.89. The zero-order valence-electron chi connectivity index (χ0n) is 10.6. The molecule has 0 aliphatic carbocycles. The summed E-state index contributed by atoms with van der Waals surface area (Å²) in [5, 5.41) is 11.2. The molecular weight excluding hydrogens is 264 g/mol. The fourth-order valence-corrected chi connectivity index (χ4v) is 1.68. The molecule has 1 aromatic carbocycles. The molecule has 2 rings (SSSR count). The monoisotopic (exact) mass is 278 g/mol. The van der Waals surface area contributed by atoms with Gasteiger partial charge in [0.25, 0.3) is 5.91 Å². The Morgan fingerprint density at radius 3 is 2.79 bits per heavy atom. The summed E-state index contributed by atoms with van der Waals surface area (Å²) >= 11 is 5.82. The lowest BCUT2D eigenvalue weighted by molar-refractivity contribution is 0.0948. The maximum absolute atomic E-state index is 11.8. The molecule has 1 aromatic heterocycles. The third kappa shape index (κ3) is 3.54. The minimum Gasteiger partial charge on any atom is -0.351 e. The van der Waals surface area contributed by atoms with Gasteiger partial charge in [0.1, 0.15) is 0 Å². The summed E-state index contributed by atoms with van der Waals surface area (Å²) in [7, 11) is 0. The van der Waals surface area contributed by atoms with Crippen molar-refractivity contribution in [1.29, 1.82) is 0 Å². The Labute approximate surface area is 116 Å². The largest absolute Gasteiger partial charge is 0.351 e. The van der Waals surface area contributed by atoms with Gasteiger partial charge in [-0.3, -0.25) is 4.79 Å². The summed E-state index contributed by atoms with van der Waals surface area (Å²) in [5.74, 6) is -0.200. The highest BCUT2D eigenvalue weighted by Crippen LogP contribution is 2.12. The fraction of sp³-hybridized carbons (Fsp3) is 0.308. The van der Waals surface area contributed by atoms with Gasteiger partial charge in [0, 0.05) is 11.6 Å². The molecule has 0 atom stereocenters. The van der Waals surface area contributed by atoms with Crippen molar-refractivity contribution in [2.24, 2.45) is 0 Å². The lowest BCUT2D eigenvalue weighted by Gasteiger charge is -2.00. The molecule has 1 N–H and O–H groups in total. The van der Waals surface area contributed by atoms with E-state index in [2.05, 4.69) is 22.6 Å². The van der Waals surface area contributed by atoms with Crippen LogP contribution in [0.4, 0.5) is 0 Å². The average molecular weight is 279 g/mol. The van der Waals surface area contributed by atoms with E-state index in [-0.39, 0.29) is 5.91 Å². The standard InChI is InChI=1S/C13H15ClN4O/c1-2-3-8-15-13(19)12-9-18(17-16-12)11-6-4-10(14)5-7-11/h4-7,9H,2-3,8H2,1H3,(H,15,19). The van der Waals surface area contributed by atoms with Crippen molar-refractivity contribution in [3.63, 3.8) is 0 Å². The average Bonchev–Trinajstić information content (AvgIpc) is 2.89. The molecular formula is C13H15ClN4O. The minimum absolute atomic E-state index is 0.200. The highest BCUT2D eigenvalue weighted by molar-refractivity contribution is 6.30. The predicted octanol–water partition coefficient (Wildman–Crippen LogP) is 2.45. The summed E-state index contributed by atoms with van der Waals surface area (Å²) in [6, 6.07) is 7.16. The molecule has 6 heteroatoms. The molecule has 19 heavy (non-hydrogen) atoms. The predicted molar refractivity (Wildman–Crippen MR) is 73.6 cm³/mol. The Kier molecular flexibility index (Phi) is 4.52. The van der Waals surface area contributed by atoms with E-state index in [9.17, 15) is 4.79 Å². The summed E-state index contributed by atoms with van der Waals surface area (Å²) in [6.07, 6.45) is 3.60. The smallest absolute Gasteiger partial charge is 0.273 e. The van der Waals surface area contributed by atoms with Gasteiger partial charge in [-0.1, -0.05) is 30.2 Å². The first kappa shape index (κ1) is 13.5. The van der Waals surface area contributed by atoms with Crippen LogP contribution in [-0.4, -0.2) is 27.4 Å². The van der Waals surface area contributed by atoms with Gasteiger partial charge in [-0.15, -0.1) is 5.10 Å². The number of aromatic nitrogens is 3. The lowest BCUT2D eigenvalue weighted by Crippen LogP contribution is -2.24. The number of nitrogens with one attached hydrogen (secondary N) is 1. The molecule has 0 aliphatic rings. The van der Waals surface area contributed by atoms with Crippen molar-refractivity contribution >= 4 is 17.5 Å². The van der Waals surface area contributed by atoms with Crippen LogP contribution in [0.15, 0.2) is 30.5 Å². The van der Waals surface area contributed by atoms with Gasteiger partial charge in [0.2, 0.25) is 0 Å². The molecule has 5 nitrogen and oxygen atoms in total. The zero-order chi connectivity index (χ0) is 13.7. The van der Waals surface area contributed by atoms with Gasteiger partial charge in [-0.25, -0.2) is 4.68 Å². The number of halogens is 1. The summed E-state index contributed by atoms with van der Waals surface area (Å²) in [5.41, 5.74) is 1.12. The van der Waals surface area contributed by atoms with Gasteiger partial charge < -0.3 is 5.32 Å². The van der Waals surface area contributed by atoms with E-state index in [4.69, 9.17) is 11.6 Å². The second-order valence-electron chi connectivity index (χ2n) is 4.13. The number of carbonyl (C=O) groups excluding carboxylic acids is 1. The SMILES string of the molecule is CCCCNC(=O)c1cn(-c2ccc(Cl)cc2)nn1. The van der Waals surface area contributed by atoms with Crippen LogP contribution in [0.3, 0.4) is 0 Å². The Morgan fingerprint density at radius 2 is 2.11 bits per heavy atom. The molecule has 0 bridgehead atoms. The molecule has 0 radical (unpaired) electrons. The molecule has 0 saturated heterocycles. The van der Waals surface area contributed by atoms with Crippen LogP contribution in [0.5, 0.6) is 0 Å². The molecule has 100 valence electrons. The summed E-state index contributed by atoms with van der Waals surface area (Å²) < 4.78 is 1.55. The molecule has 0 spiro atoms. The summed E-state index contributed by atoms with van der Waals surface area (Å²) in [6.45, 7) is 2.73. The number of benzene rings is 1. The van der Waals surface area contributed by atoms with Crippen molar-refractivity contribution in [3.8, 4) is 5.69 Å². The number of hydrogen-bond acceptors (Lipinski definition) is 3. The van der Waals surface area contributed by atoms with Crippen LogP contribution >= 0.6 is 11.6 Å². The first-order valence-corrected chi connectivity index (χ1v) is 6.55. The third-order valence-electron chi connectivity index (χ3n) is 2.63. The normalized spacial score (nSPS) is 10.4. The molecule has 0 aliphatic heterocycles. The van der Waals surface area contributed by atoms with E-state index in [1.807, 2.05) is 12.1 Å². The molecule has 2 aromatic rings. The first-order chi connectivity index (χ1) is 9.20. The van der Waals surface area contributed by atoms with Gasteiger partial charge in [-0.2, -0.15) is 0 Å². The highest BCUT2D eigenvalue weighted by Gasteiger charge is 2.10. The number of unbranched alkanes of at least 4 members (excludes halogenated alkanes) is 1. The van der Waals surface area contributed by atoms with E-state index >= 15 is 0 Å². The van der Waals surface area contributed by atoms with Crippen LogP contribution in [-0.2, 0) is 0 Å². The Morgan fingerprint density at radius 1 is 1.37 bits per heavy atom. The van der Waals surface area contributed by atoms with E-state index in [0.29, 0.717) is 17.3 Å². The van der Waals surface area contributed by atoms with Gasteiger partial charge in [0.05, 0.1) is 11.9 Å². The molecule has 0 fully saturated rings. The molecule has 0 unspecified atom stereocenters. The van der Waals surface area contributed by atoms with Crippen LogP contribution in [0.1, 0.15) is 30.3 Å². The van der Waals surface area contributed by atoms with Gasteiger partial charge in [0.15, 0.2) is 5.69 Å². The summed E-state index contributed by atoms with van der Waals surface area (Å²) in [4.78, 5) is 11.8. The van der Waals surface area contributed by atoms with Gasteiger partial charge in [-0.05, 0) is 30.7 Å². The van der Waals surface area contributed by atoms with Crippen LogP contribution in [0.25, 0.3) is 5.69 Å². The fourth-order valence-electron chi connectivity index (χ4n) is 1.56. The van der Waals surface area contributed by atoms with Crippen molar-refractivity contribution in [3.05, 3.63) is 41.2 Å². The van der Waals surface area contributed by atoms with Crippen LogP contribution < -0.4 is 5.32 Å². The number of hydrogen-bond donors (Lipinski definition) is 1. The topological polar surface area (TPSA) is 59.8 Å². The number of carbonyl (C=O) groups is 1. The maximum Gasteiger partial charge on any atom is 0.273 e. The van der Waals surface area contributed by atoms with Crippen LogP contribution in [0.2, 0.25) is 5.02 Å². The van der Waals surface area contributed by atoms with E-state index in [1.54, 1.807) is 23.0 Å². The maximum atomic E-state index is 11.8. The van der Waals surface area contributed by atoms with Gasteiger partial charge >= 0.3 is 0 Å². The second-order valence-corrected chi connectivity index (χ2v) is 4.57. The second kappa shape index (κ2) is 6.33. The Balaban J connectivity index is 2.06. The van der Waals surface area contributed by atoms with E-state index in [1.165, 1.54) is 0 Å². The van der Waals surface area contributed by atoms with E-state index < -0.39 is 0 Å². The van der Waals surface area contributed by atoms with Crippen molar-refractivity contribution < 1.29 is 4.79 Å². The van der Waals surface area contributed by atoms with Crippen molar-refractivity contribution in [2.75, 3.05) is 6.54 Å². The van der Waals surface area contributed by atoms with Crippen molar-refractivity contribution in [2.45, 2.75) is 19.8 Å². The Hall–Kier alpha value is -1.88. The number of rotatable bonds is 5. The zero-order valence-corrected chi connectivity index (χ0v) is 11.4. The Bertz CT molecular complexity index is 550. The molecule has 1 amide bonds. The first-order valence-electron chi connectivity index (χ1n) is 6.17. The van der Waals surface area contributed by atoms with E-state index in [0.717, 1.165) is 18.5 Å². The molecule has 0 saturated carbocycles. The molecule has 1 heterocycles. The number of amides is 1. The number of nitrogens with zero attached hydrogens (tertiary/aromatic N) is 3. The van der Waals surface area contributed by atoms with Crippen LogP contribution in [0, 0.1) is 0 Å². The highest BCUT2D eigenvalue weighted by atomic mass is 35.5. The lowest BCUT2D eigenvalue weighted by atomic mass is 10.3. The quantitative estimate of drug-likeness (QED) is 0.855. The minimum atomic E-state index is -0.200.